The van der Waals surface area contributed by atoms with Crippen LogP contribution >= 0.6 is 0 Å². The molecule has 0 aliphatic heterocycles. The molecule has 2 heteroatoms. The summed E-state index contributed by atoms with van der Waals surface area (Å²) in [6.07, 6.45) is 7.66. The van der Waals surface area contributed by atoms with Crippen molar-refractivity contribution >= 4 is 0 Å². The molecule has 1 aliphatic carbocycles. The molecule has 1 saturated carbocycles. The maximum atomic E-state index is 10.2. The molecule has 2 rings (SSSR count). The van der Waals surface area contributed by atoms with Crippen LogP contribution in [0, 0.1) is 0 Å². The van der Waals surface area contributed by atoms with Gasteiger partial charge in [0, 0.05) is 6.04 Å². The molecule has 1 aliphatic rings. The Hall–Kier alpha value is -1.02. The van der Waals surface area contributed by atoms with Gasteiger partial charge in [-0.2, -0.15) is 0 Å². The fourth-order valence-electron chi connectivity index (χ4n) is 3.25. The summed E-state index contributed by atoms with van der Waals surface area (Å²) in [6.45, 7) is 7.59. The van der Waals surface area contributed by atoms with E-state index in [1.54, 1.807) is 0 Å². The summed E-state index contributed by atoms with van der Waals surface area (Å²) in [7, 11) is 0. The van der Waals surface area contributed by atoms with Gasteiger partial charge in [-0.05, 0) is 48.4 Å². The van der Waals surface area contributed by atoms with Crippen molar-refractivity contribution in [3.8, 4) is 5.75 Å². The van der Waals surface area contributed by atoms with Crippen molar-refractivity contribution in [3.63, 3.8) is 0 Å². The summed E-state index contributed by atoms with van der Waals surface area (Å²) in [6, 6.07) is 6.60. The third-order valence-corrected chi connectivity index (χ3v) is 4.37. The Kier molecular flexibility index (Phi) is 5.09. The molecule has 2 nitrogen and oxygen atoms in total. The number of hydrogen-bond acceptors (Lipinski definition) is 2. The molecule has 2 N–H and O–H groups in total. The number of phenolic OH excluding ortho intramolecular Hbond substituents is 1. The van der Waals surface area contributed by atoms with Gasteiger partial charge in [-0.1, -0.05) is 52.2 Å². The molecule has 20 heavy (non-hydrogen) atoms. The van der Waals surface area contributed by atoms with E-state index in [0.29, 0.717) is 11.8 Å². The second-order valence-corrected chi connectivity index (χ2v) is 7.09. The maximum Gasteiger partial charge on any atom is 0.119 e. The fraction of sp³-hybridized carbons (Fsp3) is 0.667. The van der Waals surface area contributed by atoms with E-state index in [1.807, 2.05) is 12.1 Å². The minimum Gasteiger partial charge on any atom is -0.508 e. The number of nitrogens with one attached hydrogen (secondary N) is 1. The van der Waals surface area contributed by atoms with Crippen LogP contribution in [0.1, 0.15) is 64.0 Å². The lowest BCUT2D eigenvalue weighted by molar-refractivity contribution is 0.374. The van der Waals surface area contributed by atoms with Gasteiger partial charge in [0.25, 0.3) is 0 Å². The molecule has 1 aromatic rings. The standard InChI is InChI=1S/C18H29NO/c1-18(2,3)16-10-7-11-17(20)15(16)12-13-19-14-8-5-4-6-9-14/h7,10-11,14,19-20H,4-6,8-9,12-13H2,1-3H3. The number of hydrogen-bond donors (Lipinski definition) is 2. The van der Waals surface area contributed by atoms with Crippen LogP contribution in [-0.4, -0.2) is 17.7 Å². The first-order valence-corrected chi connectivity index (χ1v) is 8.03. The zero-order chi connectivity index (χ0) is 14.6. The Morgan fingerprint density at radius 1 is 1.15 bits per heavy atom. The number of benzene rings is 1. The summed E-state index contributed by atoms with van der Waals surface area (Å²) < 4.78 is 0. The van der Waals surface area contributed by atoms with Crippen molar-refractivity contribution in [1.29, 1.82) is 0 Å². The summed E-state index contributed by atoms with van der Waals surface area (Å²) in [5.74, 6) is 0.447. The van der Waals surface area contributed by atoms with E-state index in [-0.39, 0.29) is 5.41 Å². The van der Waals surface area contributed by atoms with Crippen molar-refractivity contribution in [1.82, 2.24) is 5.32 Å². The predicted octanol–water partition coefficient (Wildman–Crippen LogP) is 4.15. The highest BCUT2D eigenvalue weighted by atomic mass is 16.3. The first-order valence-electron chi connectivity index (χ1n) is 8.03. The quantitative estimate of drug-likeness (QED) is 0.865. The van der Waals surface area contributed by atoms with Crippen molar-refractivity contribution in [2.75, 3.05) is 6.54 Å². The fourth-order valence-corrected chi connectivity index (χ4v) is 3.25. The molecule has 1 aromatic carbocycles. The Morgan fingerprint density at radius 3 is 2.50 bits per heavy atom. The molecular formula is C18H29NO. The van der Waals surface area contributed by atoms with Gasteiger partial charge in [0.1, 0.15) is 5.75 Å². The van der Waals surface area contributed by atoms with Crippen LogP contribution in [0.2, 0.25) is 0 Å². The molecule has 0 amide bonds. The SMILES string of the molecule is CC(C)(C)c1cccc(O)c1CCNC1CCCCC1. The molecule has 0 radical (unpaired) electrons. The molecular weight excluding hydrogens is 246 g/mol. The van der Waals surface area contributed by atoms with E-state index in [2.05, 4.69) is 32.2 Å². The highest BCUT2D eigenvalue weighted by Crippen LogP contribution is 2.31. The molecule has 0 heterocycles. The average molecular weight is 275 g/mol. The van der Waals surface area contributed by atoms with Crippen LogP contribution in [0.4, 0.5) is 0 Å². The molecule has 0 spiro atoms. The number of phenols is 1. The van der Waals surface area contributed by atoms with Crippen LogP contribution in [0.15, 0.2) is 18.2 Å². The Morgan fingerprint density at radius 2 is 1.85 bits per heavy atom. The lowest BCUT2D eigenvalue weighted by atomic mass is 9.82. The van der Waals surface area contributed by atoms with Gasteiger partial charge in [-0.3, -0.25) is 0 Å². The van der Waals surface area contributed by atoms with Crippen molar-refractivity contribution in [2.24, 2.45) is 0 Å². The average Bonchev–Trinajstić information content (AvgIpc) is 2.40. The van der Waals surface area contributed by atoms with Crippen LogP contribution in [0.25, 0.3) is 0 Å². The second-order valence-electron chi connectivity index (χ2n) is 7.09. The van der Waals surface area contributed by atoms with E-state index in [1.165, 1.54) is 37.7 Å². The number of aromatic hydroxyl groups is 1. The maximum absolute atomic E-state index is 10.2. The van der Waals surface area contributed by atoms with Gasteiger partial charge in [0.15, 0.2) is 0 Å². The largest absolute Gasteiger partial charge is 0.508 e. The van der Waals surface area contributed by atoms with Gasteiger partial charge in [0.05, 0.1) is 0 Å². The van der Waals surface area contributed by atoms with E-state index < -0.39 is 0 Å². The molecule has 0 aromatic heterocycles. The van der Waals surface area contributed by atoms with Gasteiger partial charge in [0.2, 0.25) is 0 Å². The summed E-state index contributed by atoms with van der Waals surface area (Å²) >= 11 is 0. The Labute approximate surface area is 123 Å². The minimum absolute atomic E-state index is 0.0823. The van der Waals surface area contributed by atoms with E-state index >= 15 is 0 Å². The van der Waals surface area contributed by atoms with E-state index in [0.717, 1.165) is 18.5 Å². The predicted molar refractivity (Wildman–Crippen MR) is 85.4 cm³/mol. The summed E-state index contributed by atoms with van der Waals surface area (Å²) in [4.78, 5) is 0. The smallest absolute Gasteiger partial charge is 0.119 e. The summed E-state index contributed by atoms with van der Waals surface area (Å²) in [5.41, 5.74) is 2.46. The molecule has 0 unspecified atom stereocenters. The monoisotopic (exact) mass is 275 g/mol. The van der Waals surface area contributed by atoms with Crippen molar-refractivity contribution < 1.29 is 5.11 Å². The zero-order valence-electron chi connectivity index (χ0n) is 13.2. The van der Waals surface area contributed by atoms with Gasteiger partial charge in [-0.15, -0.1) is 0 Å². The lowest BCUT2D eigenvalue weighted by Gasteiger charge is -2.25. The van der Waals surface area contributed by atoms with E-state index in [4.69, 9.17) is 0 Å². The van der Waals surface area contributed by atoms with E-state index in [9.17, 15) is 5.11 Å². The van der Waals surface area contributed by atoms with Crippen molar-refractivity contribution in [2.45, 2.75) is 70.8 Å². The molecule has 112 valence electrons. The van der Waals surface area contributed by atoms with Crippen LogP contribution in [0.5, 0.6) is 5.75 Å². The Bertz CT molecular complexity index is 428. The van der Waals surface area contributed by atoms with Crippen molar-refractivity contribution in [3.05, 3.63) is 29.3 Å². The third-order valence-electron chi connectivity index (χ3n) is 4.37. The second kappa shape index (κ2) is 6.62. The van der Waals surface area contributed by atoms with Gasteiger partial charge in [-0.25, -0.2) is 0 Å². The lowest BCUT2D eigenvalue weighted by Crippen LogP contribution is -2.32. The normalized spacial score (nSPS) is 17.4. The van der Waals surface area contributed by atoms with Gasteiger partial charge >= 0.3 is 0 Å². The molecule has 0 atom stereocenters. The zero-order valence-corrected chi connectivity index (χ0v) is 13.2. The Balaban J connectivity index is 1.98. The van der Waals surface area contributed by atoms with Crippen LogP contribution in [0.3, 0.4) is 0 Å². The third kappa shape index (κ3) is 3.99. The number of rotatable bonds is 4. The highest BCUT2D eigenvalue weighted by Gasteiger charge is 2.20. The van der Waals surface area contributed by atoms with Gasteiger partial charge < -0.3 is 10.4 Å². The highest BCUT2D eigenvalue weighted by molar-refractivity contribution is 5.42. The van der Waals surface area contributed by atoms with Crippen LogP contribution in [-0.2, 0) is 11.8 Å². The van der Waals surface area contributed by atoms with Crippen LogP contribution < -0.4 is 5.32 Å². The molecule has 0 saturated heterocycles. The first kappa shape index (κ1) is 15.4. The molecule has 0 bridgehead atoms. The first-order chi connectivity index (χ1) is 9.48. The molecule has 1 fully saturated rings. The topological polar surface area (TPSA) is 32.3 Å². The minimum atomic E-state index is 0.0823. The summed E-state index contributed by atoms with van der Waals surface area (Å²) in [5, 5.41) is 13.8.